The number of rotatable bonds is 7. The molecule has 0 bridgehead atoms. The van der Waals surface area contributed by atoms with Crippen LogP contribution in [0.1, 0.15) is 23.6 Å². The van der Waals surface area contributed by atoms with Gasteiger partial charge in [-0.2, -0.15) is 0 Å². The molecule has 26 heavy (non-hydrogen) atoms. The van der Waals surface area contributed by atoms with Crippen LogP contribution in [0.5, 0.6) is 0 Å². The molecule has 1 unspecified atom stereocenters. The summed E-state index contributed by atoms with van der Waals surface area (Å²) in [7, 11) is -3.63. The first-order chi connectivity index (χ1) is 12.6. The zero-order valence-corrected chi connectivity index (χ0v) is 15.2. The summed E-state index contributed by atoms with van der Waals surface area (Å²) in [5.74, 6) is 0. The smallest absolute Gasteiger partial charge is 0.207 e. The summed E-state index contributed by atoms with van der Waals surface area (Å²) in [6.07, 6.45) is 0.486. The summed E-state index contributed by atoms with van der Waals surface area (Å²) in [6, 6.07) is 27.4. The van der Waals surface area contributed by atoms with Gasteiger partial charge in [-0.15, -0.1) is 0 Å². The van der Waals surface area contributed by atoms with Crippen molar-refractivity contribution in [3.63, 3.8) is 0 Å². The molecule has 3 nitrogen and oxygen atoms in total. The quantitative estimate of drug-likeness (QED) is 0.655. The van der Waals surface area contributed by atoms with Crippen LogP contribution in [0.15, 0.2) is 102 Å². The van der Waals surface area contributed by atoms with Gasteiger partial charge in [-0.3, -0.25) is 0 Å². The predicted molar refractivity (Wildman–Crippen MR) is 106 cm³/mol. The highest BCUT2D eigenvalue weighted by molar-refractivity contribution is 7.89. The number of benzene rings is 3. The first-order valence-corrected chi connectivity index (χ1v) is 9.90. The number of nitrogens with one attached hydrogen (secondary N) is 1. The van der Waals surface area contributed by atoms with E-state index in [2.05, 4.69) is 11.3 Å². The number of sulfonamides is 1. The molecular formula is C22H21NO2S. The number of hydrogen-bond acceptors (Lipinski definition) is 2. The number of hydrogen-bond donors (Lipinski definition) is 1. The highest BCUT2D eigenvalue weighted by atomic mass is 32.2. The average molecular weight is 363 g/mol. The van der Waals surface area contributed by atoms with Crippen LogP contribution in [0.4, 0.5) is 0 Å². The Kier molecular flexibility index (Phi) is 5.66. The van der Waals surface area contributed by atoms with E-state index in [-0.39, 0.29) is 4.90 Å². The molecule has 0 saturated carbocycles. The van der Waals surface area contributed by atoms with Crippen molar-refractivity contribution >= 4 is 15.6 Å². The zero-order valence-electron chi connectivity index (χ0n) is 14.4. The Labute approximate surface area is 155 Å². The van der Waals surface area contributed by atoms with Gasteiger partial charge in [0.1, 0.15) is 0 Å². The lowest BCUT2D eigenvalue weighted by Gasteiger charge is -2.21. The molecule has 4 heteroatoms. The molecule has 1 atom stereocenters. The SMILES string of the molecule is C=C(CC(NS(=O)(=O)c1ccccc1)c1ccccc1)c1ccccc1. The van der Waals surface area contributed by atoms with Crippen LogP contribution in [0.2, 0.25) is 0 Å². The Hall–Kier alpha value is -2.69. The van der Waals surface area contributed by atoms with E-state index < -0.39 is 16.1 Å². The topological polar surface area (TPSA) is 46.2 Å². The van der Waals surface area contributed by atoms with E-state index in [1.807, 2.05) is 60.7 Å². The molecule has 0 fully saturated rings. The third-order valence-corrected chi connectivity index (χ3v) is 5.67. The van der Waals surface area contributed by atoms with Crippen molar-refractivity contribution in [2.45, 2.75) is 17.4 Å². The Bertz CT molecular complexity index is 953. The van der Waals surface area contributed by atoms with Gasteiger partial charge in [0.15, 0.2) is 0 Å². The third-order valence-electron chi connectivity index (χ3n) is 4.19. The third kappa shape index (κ3) is 4.48. The van der Waals surface area contributed by atoms with E-state index in [9.17, 15) is 8.42 Å². The maximum Gasteiger partial charge on any atom is 0.241 e. The molecule has 0 radical (unpaired) electrons. The molecule has 3 aromatic carbocycles. The van der Waals surface area contributed by atoms with Crippen molar-refractivity contribution in [3.8, 4) is 0 Å². The molecule has 0 aromatic heterocycles. The van der Waals surface area contributed by atoms with Gasteiger partial charge in [-0.1, -0.05) is 85.4 Å². The van der Waals surface area contributed by atoms with Gasteiger partial charge in [0.05, 0.1) is 10.9 Å². The van der Waals surface area contributed by atoms with Crippen LogP contribution in [-0.4, -0.2) is 8.42 Å². The fourth-order valence-electron chi connectivity index (χ4n) is 2.81. The van der Waals surface area contributed by atoms with E-state index >= 15 is 0 Å². The fraction of sp³-hybridized carbons (Fsp3) is 0.0909. The molecule has 0 aliphatic rings. The van der Waals surface area contributed by atoms with Gasteiger partial charge in [-0.05, 0) is 35.3 Å². The first kappa shape index (κ1) is 18.1. The van der Waals surface area contributed by atoms with Crippen molar-refractivity contribution in [2.75, 3.05) is 0 Å². The van der Waals surface area contributed by atoms with Gasteiger partial charge < -0.3 is 0 Å². The lowest BCUT2D eigenvalue weighted by atomic mass is 9.96. The molecule has 3 aromatic rings. The van der Waals surface area contributed by atoms with Crippen molar-refractivity contribution < 1.29 is 8.42 Å². The second-order valence-electron chi connectivity index (χ2n) is 6.07. The fourth-order valence-corrected chi connectivity index (χ4v) is 4.05. The molecule has 0 saturated heterocycles. The van der Waals surface area contributed by atoms with Crippen molar-refractivity contribution in [1.29, 1.82) is 0 Å². The highest BCUT2D eigenvalue weighted by Gasteiger charge is 2.22. The highest BCUT2D eigenvalue weighted by Crippen LogP contribution is 2.27. The van der Waals surface area contributed by atoms with Crippen LogP contribution in [-0.2, 0) is 10.0 Å². The second-order valence-corrected chi connectivity index (χ2v) is 7.79. The molecule has 1 N–H and O–H groups in total. The van der Waals surface area contributed by atoms with Crippen molar-refractivity contribution in [1.82, 2.24) is 4.72 Å². The largest absolute Gasteiger partial charge is 0.241 e. The summed E-state index contributed by atoms with van der Waals surface area (Å²) in [5.41, 5.74) is 2.80. The molecule has 0 aliphatic carbocycles. The van der Waals surface area contributed by atoms with Crippen LogP contribution in [0.25, 0.3) is 5.57 Å². The summed E-state index contributed by atoms with van der Waals surface area (Å²) >= 11 is 0. The molecule has 0 amide bonds. The average Bonchev–Trinajstić information content (AvgIpc) is 2.69. The van der Waals surface area contributed by atoms with Crippen molar-refractivity contribution in [3.05, 3.63) is 109 Å². The van der Waals surface area contributed by atoms with Gasteiger partial charge in [0, 0.05) is 0 Å². The normalized spacial score (nSPS) is 12.5. The monoisotopic (exact) mass is 363 g/mol. The molecule has 132 valence electrons. The maximum absolute atomic E-state index is 12.8. The summed E-state index contributed by atoms with van der Waals surface area (Å²) in [4.78, 5) is 0.256. The van der Waals surface area contributed by atoms with Crippen LogP contribution >= 0.6 is 0 Å². The van der Waals surface area contributed by atoms with Gasteiger partial charge >= 0.3 is 0 Å². The van der Waals surface area contributed by atoms with Crippen LogP contribution in [0.3, 0.4) is 0 Å². The molecular weight excluding hydrogens is 342 g/mol. The van der Waals surface area contributed by atoms with E-state index in [4.69, 9.17) is 0 Å². The van der Waals surface area contributed by atoms with Crippen LogP contribution in [0, 0.1) is 0 Å². The standard InChI is InChI=1S/C22H21NO2S/c1-18(19-11-5-2-6-12-19)17-22(20-13-7-3-8-14-20)23-26(24,25)21-15-9-4-10-16-21/h2-16,22-23H,1,17H2. The van der Waals surface area contributed by atoms with E-state index in [1.165, 1.54) is 0 Å². The molecule has 0 heterocycles. The molecule has 0 aliphatic heterocycles. The van der Waals surface area contributed by atoms with Gasteiger partial charge in [-0.25, -0.2) is 13.1 Å². The summed E-state index contributed by atoms with van der Waals surface area (Å²) < 4.78 is 28.4. The zero-order chi connectivity index (χ0) is 18.4. The summed E-state index contributed by atoms with van der Waals surface area (Å²) in [5, 5.41) is 0. The van der Waals surface area contributed by atoms with E-state index in [0.29, 0.717) is 6.42 Å². The minimum absolute atomic E-state index is 0.256. The van der Waals surface area contributed by atoms with Crippen molar-refractivity contribution in [2.24, 2.45) is 0 Å². The van der Waals surface area contributed by atoms with E-state index in [1.54, 1.807) is 30.3 Å². The molecule has 3 rings (SSSR count). The molecule has 0 spiro atoms. The Balaban J connectivity index is 1.88. The van der Waals surface area contributed by atoms with E-state index in [0.717, 1.165) is 16.7 Å². The van der Waals surface area contributed by atoms with Gasteiger partial charge in [0.2, 0.25) is 10.0 Å². The Morgan fingerprint density at radius 1 is 0.808 bits per heavy atom. The summed E-state index contributed by atoms with van der Waals surface area (Å²) in [6.45, 7) is 4.16. The lowest BCUT2D eigenvalue weighted by molar-refractivity contribution is 0.559. The predicted octanol–water partition coefficient (Wildman–Crippen LogP) is 4.81. The Morgan fingerprint density at radius 3 is 1.88 bits per heavy atom. The lowest BCUT2D eigenvalue weighted by Crippen LogP contribution is -2.29. The second kappa shape index (κ2) is 8.13. The maximum atomic E-state index is 12.8. The minimum Gasteiger partial charge on any atom is -0.207 e. The van der Waals surface area contributed by atoms with Crippen LogP contribution < -0.4 is 4.72 Å². The van der Waals surface area contributed by atoms with Gasteiger partial charge in [0.25, 0.3) is 0 Å². The minimum atomic E-state index is -3.63. The Morgan fingerprint density at radius 2 is 1.31 bits per heavy atom. The first-order valence-electron chi connectivity index (χ1n) is 8.42.